The van der Waals surface area contributed by atoms with E-state index in [0.717, 1.165) is 25.7 Å². The van der Waals surface area contributed by atoms with Crippen molar-refractivity contribution in [2.24, 2.45) is 5.92 Å². The van der Waals surface area contributed by atoms with Crippen molar-refractivity contribution in [1.29, 1.82) is 0 Å². The zero-order valence-electron chi connectivity index (χ0n) is 13.4. The first-order valence-corrected chi connectivity index (χ1v) is 7.81. The highest BCUT2D eigenvalue weighted by molar-refractivity contribution is 5.97. The highest BCUT2D eigenvalue weighted by Crippen LogP contribution is 2.23. The second-order valence-electron chi connectivity index (χ2n) is 5.76. The van der Waals surface area contributed by atoms with Gasteiger partial charge in [-0.1, -0.05) is 19.8 Å². The van der Waals surface area contributed by atoms with Gasteiger partial charge in [0.2, 0.25) is 0 Å². The molecule has 3 amide bonds. The summed E-state index contributed by atoms with van der Waals surface area (Å²) in [4.78, 5) is 42.6. The average molecular weight is 335 g/mol. The summed E-state index contributed by atoms with van der Waals surface area (Å²) in [6.45, 7) is 1.46. The normalized spacial score (nSPS) is 20.0. The van der Waals surface area contributed by atoms with Gasteiger partial charge in [-0.2, -0.15) is 0 Å². The van der Waals surface area contributed by atoms with Gasteiger partial charge in [0.1, 0.15) is 0 Å². The molecule has 1 aromatic heterocycles. The Balaban J connectivity index is 1.75. The Morgan fingerprint density at radius 1 is 1.25 bits per heavy atom. The van der Waals surface area contributed by atoms with Gasteiger partial charge in [0.25, 0.3) is 5.91 Å². The smallest absolute Gasteiger partial charge is 0.361 e. The van der Waals surface area contributed by atoms with Crippen LogP contribution in [0.3, 0.4) is 0 Å². The van der Waals surface area contributed by atoms with Crippen LogP contribution < -0.4 is 16.4 Å². The van der Waals surface area contributed by atoms with E-state index in [1.54, 1.807) is 0 Å². The summed E-state index contributed by atoms with van der Waals surface area (Å²) < 4.78 is 4.77. The van der Waals surface area contributed by atoms with E-state index < -0.39 is 24.5 Å². The second kappa shape index (κ2) is 8.23. The molecule has 1 heterocycles. The molecule has 0 saturated heterocycles. The zero-order chi connectivity index (χ0) is 17.5. The lowest BCUT2D eigenvalue weighted by molar-refractivity contribution is -0.123. The van der Waals surface area contributed by atoms with Gasteiger partial charge in [-0.05, 0) is 18.8 Å². The number of imide groups is 1. The Hall–Kier alpha value is -2.71. The van der Waals surface area contributed by atoms with Gasteiger partial charge in [0.05, 0.1) is 0 Å². The fourth-order valence-electron chi connectivity index (χ4n) is 2.60. The molecule has 9 heteroatoms. The zero-order valence-corrected chi connectivity index (χ0v) is 13.4. The van der Waals surface area contributed by atoms with Gasteiger partial charge in [-0.15, -0.1) is 0 Å². The number of carbonyl (C=O) groups is 3. The minimum absolute atomic E-state index is 0.0495. The molecule has 1 fully saturated rings. The van der Waals surface area contributed by atoms with Crippen molar-refractivity contribution in [3.63, 3.8) is 0 Å². The number of hydrogen-bond acceptors (Lipinski definition) is 7. The molecule has 0 bridgehead atoms. The van der Waals surface area contributed by atoms with E-state index in [2.05, 4.69) is 27.5 Å². The van der Waals surface area contributed by atoms with E-state index in [1.807, 2.05) is 0 Å². The maximum atomic E-state index is 11.8. The number of carbonyl (C=O) groups excluding carboxylic acids is 3. The lowest BCUT2D eigenvalue weighted by Gasteiger charge is -2.29. The number of nitrogens with zero attached hydrogens (tertiary/aromatic N) is 2. The number of nitrogens with two attached hydrogens (primary N) is 1. The van der Waals surface area contributed by atoms with Crippen molar-refractivity contribution in [2.45, 2.75) is 38.6 Å². The molecule has 0 aliphatic heterocycles. The van der Waals surface area contributed by atoms with Crippen LogP contribution in [0.25, 0.3) is 0 Å². The third-order valence-corrected chi connectivity index (χ3v) is 3.94. The summed E-state index contributed by atoms with van der Waals surface area (Å²) in [5.41, 5.74) is 5.31. The molecule has 1 saturated carbocycles. The SMILES string of the molecule is C[C@H]1CCCC[C@H]1NC(=O)NC(=O)COC(=O)c1nccnc1N. The standard InChI is InChI=1S/C15H21N5O4/c1-9-4-2-3-5-10(9)19-15(23)20-11(21)8-24-14(22)12-13(16)18-7-6-17-12/h6-7,9-10H,2-5,8H2,1H3,(H2,16,18)(H2,19,20,21,23)/t9-,10+/m0/s1. The lowest BCUT2D eigenvalue weighted by Crippen LogP contribution is -2.48. The summed E-state index contributed by atoms with van der Waals surface area (Å²) in [6.07, 6.45) is 6.77. The van der Waals surface area contributed by atoms with Gasteiger partial charge >= 0.3 is 12.0 Å². The van der Waals surface area contributed by atoms with Crippen LogP contribution >= 0.6 is 0 Å². The minimum Gasteiger partial charge on any atom is -0.451 e. The summed E-state index contributed by atoms with van der Waals surface area (Å²) in [7, 11) is 0. The van der Waals surface area contributed by atoms with Crippen molar-refractivity contribution >= 4 is 23.7 Å². The third-order valence-electron chi connectivity index (χ3n) is 3.94. The molecule has 0 radical (unpaired) electrons. The topological polar surface area (TPSA) is 136 Å². The van der Waals surface area contributed by atoms with Gasteiger partial charge in [0.15, 0.2) is 18.1 Å². The first-order valence-electron chi connectivity index (χ1n) is 7.81. The van der Waals surface area contributed by atoms with E-state index in [0.29, 0.717) is 5.92 Å². The van der Waals surface area contributed by atoms with Gasteiger partial charge in [-0.25, -0.2) is 19.6 Å². The minimum atomic E-state index is -0.878. The number of amides is 3. The van der Waals surface area contributed by atoms with E-state index in [1.165, 1.54) is 12.4 Å². The molecular formula is C15H21N5O4. The number of nitrogen functional groups attached to an aromatic ring is 1. The monoisotopic (exact) mass is 335 g/mol. The summed E-state index contributed by atoms with van der Waals surface area (Å²) in [5.74, 6) is -1.33. The summed E-state index contributed by atoms with van der Waals surface area (Å²) >= 11 is 0. The van der Waals surface area contributed by atoms with Crippen molar-refractivity contribution in [3.05, 3.63) is 18.1 Å². The number of urea groups is 1. The van der Waals surface area contributed by atoms with Gasteiger partial charge in [0, 0.05) is 18.4 Å². The van der Waals surface area contributed by atoms with E-state index in [-0.39, 0.29) is 17.6 Å². The highest BCUT2D eigenvalue weighted by atomic mass is 16.5. The molecule has 24 heavy (non-hydrogen) atoms. The molecule has 1 aromatic rings. The van der Waals surface area contributed by atoms with Crippen LogP contribution in [-0.4, -0.2) is 40.5 Å². The number of rotatable bonds is 4. The van der Waals surface area contributed by atoms with Gasteiger partial charge in [-0.3, -0.25) is 10.1 Å². The third kappa shape index (κ3) is 4.90. The molecule has 1 aliphatic carbocycles. The first kappa shape index (κ1) is 17.6. The Kier molecular flexibility index (Phi) is 6.05. The van der Waals surface area contributed by atoms with E-state index >= 15 is 0 Å². The predicted octanol–water partition coefficient (Wildman–Crippen LogP) is 0.620. The van der Waals surface area contributed by atoms with Gasteiger partial charge < -0.3 is 15.8 Å². The van der Waals surface area contributed by atoms with Crippen molar-refractivity contribution in [2.75, 3.05) is 12.3 Å². The van der Waals surface area contributed by atoms with Crippen LogP contribution in [0.5, 0.6) is 0 Å². The van der Waals surface area contributed by atoms with Crippen LogP contribution in [0.4, 0.5) is 10.6 Å². The molecule has 130 valence electrons. The fraction of sp³-hybridized carbons (Fsp3) is 0.533. The number of ether oxygens (including phenoxy) is 1. The number of anilines is 1. The molecule has 0 aromatic carbocycles. The molecule has 2 rings (SSSR count). The molecule has 0 unspecified atom stereocenters. The Morgan fingerprint density at radius 2 is 1.96 bits per heavy atom. The van der Waals surface area contributed by atoms with Crippen LogP contribution in [0.15, 0.2) is 12.4 Å². The van der Waals surface area contributed by atoms with Crippen LogP contribution in [0.1, 0.15) is 43.1 Å². The van der Waals surface area contributed by atoms with E-state index in [9.17, 15) is 14.4 Å². The van der Waals surface area contributed by atoms with Crippen LogP contribution in [0, 0.1) is 5.92 Å². The molecule has 1 aliphatic rings. The van der Waals surface area contributed by atoms with Crippen LogP contribution in [0.2, 0.25) is 0 Å². The molecular weight excluding hydrogens is 314 g/mol. The largest absolute Gasteiger partial charge is 0.451 e. The summed E-state index contributed by atoms with van der Waals surface area (Å²) in [5, 5.41) is 4.91. The molecule has 4 N–H and O–H groups in total. The maximum Gasteiger partial charge on any atom is 0.361 e. The van der Waals surface area contributed by atoms with Crippen molar-refractivity contribution in [3.8, 4) is 0 Å². The van der Waals surface area contributed by atoms with Crippen molar-refractivity contribution in [1.82, 2.24) is 20.6 Å². The number of aromatic nitrogens is 2. The Labute approximate surface area is 139 Å². The van der Waals surface area contributed by atoms with Crippen LogP contribution in [-0.2, 0) is 9.53 Å². The fourth-order valence-corrected chi connectivity index (χ4v) is 2.60. The Morgan fingerprint density at radius 3 is 2.67 bits per heavy atom. The molecule has 2 atom stereocenters. The number of esters is 1. The number of nitrogens with one attached hydrogen (secondary N) is 2. The predicted molar refractivity (Wildman–Crippen MR) is 84.8 cm³/mol. The van der Waals surface area contributed by atoms with E-state index in [4.69, 9.17) is 10.5 Å². The lowest BCUT2D eigenvalue weighted by atomic mass is 9.86. The number of hydrogen-bond donors (Lipinski definition) is 3. The Bertz CT molecular complexity index is 622. The summed E-state index contributed by atoms with van der Waals surface area (Å²) in [6, 6.07) is -0.540. The molecule has 0 spiro atoms. The molecule has 9 nitrogen and oxygen atoms in total. The second-order valence-corrected chi connectivity index (χ2v) is 5.76. The quantitative estimate of drug-likeness (QED) is 0.686. The first-order chi connectivity index (χ1) is 11.5. The maximum absolute atomic E-state index is 11.8. The highest BCUT2D eigenvalue weighted by Gasteiger charge is 2.23. The average Bonchev–Trinajstić information content (AvgIpc) is 2.55. The van der Waals surface area contributed by atoms with Crippen molar-refractivity contribution < 1.29 is 19.1 Å².